The molecule has 16 heavy (non-hydrogen) atoms. The fourth-order valence-electron chi connectivity index (χ4n) is 2.84. The van der Waals surface area contributed by atoms with Crippen LogP contribution in [0.25, 0.3) is 0 Å². The molecular weight excluding hydrogens is 204 g/mol. The van der Waals surface area contributed by atoms with Crippen LogP contribution in [0.3, 0.4) is 0 Å². The number of morpholine rings is 1. The molecule has 1 N–H and O–H groups in total. The fourth-order valence-corrected chi connectivity index (χ4v) is 2.84. The Labute approximate surface area is 98.3 Å². The molecule has 2 saturated heterocycles. The molecule has 4 nitrogen and oxygen atoms in total. The molecule has 0 bridgehead atoms. The molecule has 4 heteroatoms. The summed E-state index contributed by atoms with van der Waals surface area (Å²) in [5.74, 6) is 0. The minimum atomic E-state index is 0.324. The van der Waals surface area contributed by atoms with E-state index in [-0.39, 0.29) is 0 Å². The first-order valence-electron chi connectivity index (χ1n) is 6.37. The lowest BCUT2D eigenvalue weighted by Crippen LogP contribution is -2.50. The van der Waals surface area contributed by atoms with Gasteiger partial charge >= 0.3 is 0 Å². The molecule has 2 heterocycles. The molecule has 2 rings (SSSR count). The van der Waals surface area contributed by atoms with Crippen molar-refractivity contribution in [1.82, 2.24) is 10.2 Å². The van der Waals surface area contributed by atoms with E-state index in [1.165, 1.54) is 12.8 Å². The van der Waals surface area contributed by atoms with Crippen LogP contribution in [0.15, 0.2) is 0 Å². The van der Waals surface area contributed by atoms with Crippen molar-refractivity contribution in [3.63, 3.8) is 0 Å². The number of nitrogens with zero attached hydrogens (tertiary/aromatic N) is 1. The Morgan fingerprint density at radius 1 is 1.19 bits per heavy atom. The zero-order valence-electron chi connectivity index (χ0n) is 10.3. The SMILES string of the molecule is CNCC1(CN2CCOCC2)CCCOC1. The number of ether oxygens (including phenoxy) is 2. The van der Waals surface area contributed by atoms with Crippen molar-refractivity contribution in [2.75, 3.05) is 59.7 Å². The Kier molecular flexibility index (Phi) is 4.58. The lowest BCUT2D eigenvalue weighted by atomic mass is 9.81. The molecule has 0 spiro atoms. The quantitative estimate of drug-likeness (QED) is 0.752. The second-order valence-corrected chi connectivity index (χ2v) is 5.07. The molecule has 0 radical (unpaired) electrons. The van der Waals surface area contributed by atoms with Gasteiger partial charge in [0.15, 0.2) is 0 Å². The van der Waals surface area contributed by atoms with Crippen LogP contribution in [0, 0.1) is 5.41 Å². The van der Waals surface area contributed by atoms with Gasteiger partial charge in [0.05, 0.1) is 19.8 Å². The minimum absolute atomic E-state index is 0.324. The molecule has 2 aliphatic heterocycles. The predicted molar refractivity (Wildman–Crippen MR) is 63.7 cm³/mol. The maximum absolute atomic E-state index is 5.68. The number of nitrogens with one attached hydrogen (secondary N) is 1. The first-order valence-corrected chi connectivity index (χ1v) is 6.37. The largest absolute Gasteiger partial charge is 0.381 e. The van der Waals surface area contributed by atoms with Gasteiger partial charge in [0.1, 0.15) is 0 Å². The van der Waals surface area contributed by atoms with E-state index >= 15 is 0 Å². The maximum Gasteiger partial charge on any atom is 0.0594 e. The zero-order chi connectivity index (χ0) is 11.3. The van der Waals surface area contributed by atoms with Crippen LogP contribution in [0.1, 0.15) is 12.8 Å². The molecule has 1 atom stereocenters. The Morgan fingerprint density at radius 3 is 2.62 bits per heavy atom. The third-order valence-electron chi connectivity index (χ3n) is 3.62. The summed E-state index contributed by atoms with van der Waals surface area (Å²) >= 11 is 0. The highest BCUT2D eigenvalue weighted by Gasteiger charge is 2.34. The van der Waals surface area contributed by atoms with Crippen LogP contribution in [0.4, 0.5) is 0 Å². The highest BCUT2D eigenvalue weighted by atomic mass is 16.5. The van der Waals surface area contributed by atoms with E-state index in [9.17, 15) is 0 Å². The van der Waals surface area contributed by atoms with Gasteiger partial charge in [-0.25, -0.2) is 0 Å². The minimum Gasteiger partial charge on any atom is -0.381 e. The van der Waals surface area contributed by atoms with Gasteiger partial charge in [-0.05, 0) is 19.9 Å². The summed E-state index contributed by atoms with van der Waals surface area (Å²) in [6.45, 7) is 7.98. The Balaban J connectivity index is 1.89. The first kappa shape index (κ1) is 12.3. The molecule has 0 amide bonds. The summed E-state index contributed by atoms with van der Waals surface area (Å²) in [6.07, 6.45) is 2.48. The van der Waals surface area contributed by atoms with Gasteiger partial charge in [-0.15, -0.1) is 0 Å². The van der Waals surface area contributed by atoms with Gasteiger partial charge < -0.3 is 14.8 Å². The highest BCUT2D eigenvalue weighted by Crippen LogP contribution is 2.29. The van der Waals surface area contributed by atoms with Gasteiger partial charge in [-0.1, -0.05) is 0 Å². The van der Waals surface area contributed by atoms with Crippen molar-refractivity contribution in [3.8, 4) is 0 Å². The molecule has 94 valence electrons. The summed E-state index contributed by atoms with van der Waals surface area (Å²) in [7, 11) is 2.04. The maximum atomic E-state index is 5.68. The summed E-state index contributed by atoms with van der Waals surface area (Å²) in [5, 5.41) is 3.33. The summed E-state index contributed by atoms with van der Waals surface area (Å²) in [5.41, 5.74) is 0.324. The molecule has 0 aromatic carbocycles. The van der Waals surface area contributed by atoms with Crippen LogP contribution >= 0.6 is 0 Å². The third-order valence-corrected chi connectivity index (χ3v) is 3.62. The normalized spacial score (nSPS) is 32.8. The standard InChI is InChI=1S/C12H24N2O2/c1-13-9-12(3-2-6-16-11-12)10-14-4-7-15-8-5-14/h13H,2-11H2,1H3. The van der Waals surface area contributed by atoms with E-state index in [1.807, 2.05) is 7.05 Å². The van der Waals surface area contributed by atoms with Gasteiger partial charge in [-0.3, -0.25) is 4.90 Å². The number of hydrogen-bond acceptors (Lipinski definition) is 4. The van der Waals surface area contributed by atoms with Gasteiger partial charge in [0.2, 0.25) is 0 Å². The van der Waals surface area contributed by atoms with Crippen molar-refractivity contribution in [3.05, 3.63) is 0 Å². The summed E-state index contributed by atoms with van der Waals surface area (Å²) in [6, 6.07) is 0. The average Bonchev–Trinajstić information content (AvgIpc) is 2.31. The summed E-state index contributed by atoms with van der Waals surface area (Å²) in [4.78, 5) is 2.52. The Morgan fingerprint density at radius 2 is 2.00 bits per heavy atom. The molecule has 0 saturated carbocycles. The number of rotatable bonds is 4. The van der Waals surface area contributed by atoms with Gasteiger partial charge in [0.25, 0.3) is 0 Å². The predicted octanol–water partition coefficient (Wildman–Crippen LogP) is 0.335. The van der Waals surface area contributed by atoms with Crippen LogP contribution < -0.4 is 5.32 Å². The van der Waals surface area contributed by atoms with Crippen molar-refractivity contribution >= 4 is 0 Å². The van der Waals surface area contributed by atoms with E-state index in [4.69, 9.17) is 9.47 Å². The molecule has 0 aromatic heterocycles. The van der Waals surface area contributed by atoms with E-state index in [1.54, 1.807) is 0 Å². The van der Waals surface area contributed by atoms with Gasteiger partial charge in [0, 0.05) is 38.2 Å². The second-order valence-electron chi connectivity index (χ2n) is 5.07. The average molecular weight is 228 g/mol. The lowest BCUT2D eigenvalue weighted by molar-refractivity contribution is -0.0445. The van der Waals surface area contributed by atoms with Crippen LogP contribution in [-0.2, 0) is 9.47 Å². The molecule has 1 unspecified atom stereocenters. The van der Waals surface area contributed by atoms with Crippen molar-refractivity contribution in [2.45, 2.75) is 12.8 Å². The van der Waals surface area contributed by atoms with E-state index in [2.05, 4.69) is 10.2 Å². The van der Waals surface area contributed by atoms with Crippen LogP contribution in [-0.4, -0.2) is 64.6 Å². The first-order chi connectivity index (χ1) is 7.85. The van der Waals surface area contributed by atoms with Crippen molar-refractivity contribution in [1.29, 1.82) is 0 Å². The highest BCUT2D eigenvalue weighted by molar-refractivity contribution is 4.87. The zero-order valence-corrected chi connectivity index (χ0v) is 10.3. The van der Waals surface area contributed by atoms with Crippen LogP contribution in [0.2, 0.25) is 0 Å². The molecule has 2 aliphatic rings. The van der Waals surface area contributed by atoms with Crippen LogP contribution in [0.5, 0.6) is 0 Å². The van der Waals surface area contributed by atoms with E-state index < -0.39 is 0 Å². The topological polar surface area (TPSA) is 33.7 Å². The molecule has 2 fully saturated rings. The number of hydrogen-bond donors (Lipinski definition) is 1. The Bertz CT molecular complexity index is 194. The van der Waals surface area contributed by atoms with Crippen molar-refractivity contribution in [2.24, 2.45) is 5.41 Å². The fraction of sp³-hybridized carbons (Fsp3) is 1.00. The van der Waals surface area contributed by atoms with Crippen molar-refractivity contribution < 1.29 is 9.47 Å². The smallest absolute Gasteiger partial charge is 0.0594 e. The monoisotopic (exact) mass is 228 g/mol. The van der Waals surface area contributed by atoms with E-state index in [0.717, 1.165) is 52.6 Å². The molecule has 0 aromatic rings. The third kappa shape index (κ3) is 3.17. The Hall–Kier alpha value is -0.160. The lowest BCUT2D eigenvalue weighted by Gasteiger charge is -2.41. The molecule has 0 aliphatic carbocycles. The second kappa shape index (κ2) is 5.96. The molecular formula is C12H24N2O2. The summed E-state index contributed by atoms with van der Waals surface area (Å²) < 4.78 is 11.1. The van der Waals surface area contributed by atoms with Gasteiger partial charge in [-0.2, -0.15) is 0 Å². The van der Waals surface area contributed by atoms with E-state index in [0.29, 0.717) is 5.41 Å².